The van der Waals surface area contributed by atoms with Crippen LogP contribution in [0.15, 0.2) is 28.7 Å². The molecular weight excluding hydrogens is 322 g/mol. The smallest absolute Gasteiger partial charge is 0.330 e. The zero-order valence-corrected chi connectivity index (χ0v) is 13.4. The highest BCUT2D eigenvalue weighted by Crippen LogP contribution is 2.24. The number of hydrogen-bond acceptors (Lipinski definition) is 4. The molecule has 0 bridgehead atoms. The number of carbonyl (C=O) groups excluding carboxylic acids is 2. The average molecular weight is 340 g/mol. The first-order valence-electron chi connectivity index (χ1n) is 6.54. The molecule has 108 valence electrons. The van der Waals surface area contributed by atoms with E-state index in [2.05, 4.69) is 15.9 Å². The number of carbonyl (C=O) groups is 2. The first-order valence-corrected chi connectivity index (χ1v) is 7.34. The predicted molar refractivity (Wildman–Crippen MR) is 79.1 cm³/mol. The van der Waals surface area contributed by atoms with Crippen LogP contribution in [0.25, 0.3) is 0 Å². The van der Waals surface area contributed by atoms with Gasteiger partial charge in [0.1, 0.15) is 0 Å². The number of nitrogens with zero attached hydrogens (tertiary/aromatic N) is 1. The number of benzene rings is 1. The van der Waals surface area contributed by atoms with Crippen LogP contribution in [0.1, 0.15) is 31.1 Å². The second-order valence-corrected chi connectivity index (χ2v) is 6.96. The van der Waals surface area contributed by atoms with Crippen LogP contribution in [0, 0.1) is 11.3 Å². The van der Waals surface area contributed by atoms with E-state index >= 15 is 0 Å². The molecule has 1 aliphatic heterocycles. The van der Waals surface area contributed by atoms with Crippen LogP contribution < -0.4 is 0 Å². The summed E-state index contributed by atoms with van der Waals surface area (Å²) in [5.74, 6) is -0.267. The van der Waals surface area contributed by atoms with Gasteiger partial charge in [0, 0.05) is 23.1 Å². The zero-order valence-electron chi connectivity index (χ0n) is 11.9. The first kappa shape index (κ1) is 15.2. The molecule has 4 nitrogen and oxygen atoms in total. The summed E-state index contributed by atoms with van der Waals surface area (Å²) in [6.07, 6.45) is 0. The Morgan fingerprint density at radius 1 is 1.20 bits per heavy atom. The number of rotatable bonds is 3. The zero-order chi connectivity index (χ0) is 14.9. The fourth-order valence-electron chi connectivity index (χ4n) is 1.78. The van der Waals surface area contributed by atoms with E-state index in [1.807, 2.05) is 12.1 Å². The van der Waals surface area contributed by atoms with Crippen molar-refractivity contribution in [2.75, 3.05) is 13.1 Å². The second-order valence-electron chi connectivity index (χ2n) is 6.04. The Hall–Kier alpha value is -1.20. The topological polar surface area (TPSA) is 46.6 Å². The summed E-state index contributed by atoms with van der Waals surface area (Å²) in [4.78, 5) is 29.1. The van der Waals surface area contributed by atoms with Crippen molar-refractivity contribution in [3.63, 3.8) is 0 Å². The molecule has 0 saturated carbocycles. The highest BCUT2D eigenvalue weighted by Gasteiger charge is 2.37. The van der Waals surface area contributed by atoms with Crippen LogP contribution in [0.2, 0.25) is 0 Å². The minimum atomic E-state index is -0.527. The summed E-state index contributed by atoms with van der Waals surface area (Å²) in [7, 11) is 0. The summed E-state index contributed by atoms with van der Waals surface area (Å²) < 4.78 is 0.948. The molecule has 0 unspecified atom stereocenters. The number of ketones is 1. The fraction of sp³-hybridized carbons (Fsp3) is 0.467. The van der Waals surface area contributed by atoms with Gasteiger partial charge in [-0.25, -0.2) is 4.79 Å². The van der Waals surface area contributed by atoms with Gasteiger partial charge in [-0.15, -0.1) is 5.06 Å². The SMILES string of the molecule is CC(C)(C)C(=O)ON1CC(C(=O)c2ccc(Br)cc2)C1. The van der Waals surface area contributed by atoms with Gasteiger partial charge in [-0.05, 0) is 32.9 Å². The molecule has 0 amide bonds. The van der Waals surface area contributed by atoms with E-state index in [0.29, 0.717) is 18.7 Å². The molecule has 1 fully saturated rings. The Morgan fingerprint density at radius 3 is 2.25 bits per heavy atom. The minimum absolute atomic E-state index is 0.0936. The number of halogens is 1. The average Bonchev–Trinajstić information content (AvgIpc) is 2.32. The third kappa shape index (κ3) is 3.46. The van der Waals surface area contributed by atoms with Crippen molar-refractivity contribution in [1.82, 2.24) is 5.06 Å². The maximum atomic E-state index is 12.2. The van der Waals surface area contributed by atoms with Crippen molar-refractivity contribution in [2.45, 2.75) is 20.8 Å². The Labute approximate surface area is 127 Å². The Morgan fingerprint density at radius 2 is 1.75 bits per heavy atom. The second kappa shape index (κ2) is 5.66. The van der Waals surface area contributed by atoms with E-state index in [4.69, 9.17) is 4.84 Å². The first-order chi connectivity index (χ1) is 9.27. The van der Waals surface area contributed by atoms with E-state index in [9.17, 15) is 9.59 Å². The van der Waals surface area contributed by atoms with Crippen LogP contribution in [0.5, 0.6) is 0 Å². The van der Waals surface area contributed by atoms with E-state index in [1.54, 1.807) is 38.0 Å². The van der Waals surface area contributed by atoms with Gasteiger partial charge in [0.15, 0.2) is 5.78 Å². The van der Waals surface area contributed by atoms with Gasteiger partial charge in [-0.3, -0.25) is 4.79 Å². The van der Waals surface area contributed by atoms with Crippen molar-refractivity contribution >= 4 is 27.7 Å². The molecule has 0 N–H and O–H groups in total. The number of Topliss-reactive ketones (excluding diaryl/α,β-unsaturated/α-hetero) is 1. The van der Waals surface area contributed by atoms with Crippen molar-refractivity contribution in [3.8, 4) is 0 Å². The maximum Gasteiger partial charge on any atom is 0.330 e. The summed E-state index contributed by atoms with van der Waals surface area (Å²) in [6, 6.07) is 7.30. The quantitative estimate of drug-likeness (QED) is 0.794. The standard InChI is InChI=1S/C15H18BrNO3/c1-15(2,3)14(19)20-17-8-11(9-17)13(18)10-4-6-12(16)7-5-10/h4-7,11H,8-9H2,1-3H3. The molecule has 20 heavy (non-hydrogen) atoms. The van der Waals surface area contributed by atoms with Gasteiger partial charge in [0.05, 0.1) is 11.3 Å². The van der Waals surface area contributed by atoms with Crippen molar-refractivity contribution in [3.05, 3.63) is 34.3 Å². The highest BCUT2D eigenvalue weighted by molar-refractivity contribution is 9.10. The van der Waals surface area contributed by atoms with Crippen LogP contribution in [-0.4, -0.2) is 29.9 Å². The third-order valence-electron chi connectivity index (χ3n) is 3.17. The Balaban J connectivity index is 1.86. The summed E-state index contributed by atoms with van der Waals surface area (Å²) >= 11 is 3.34. The minimum Gasteiger partial charge on any atom is -0.367 e. The normalized spacial score (nSPS) is 16.6. The molecular formula is C15H18BrNO3. The Kier molecular flexibility index (Phi) is 4.30. The van der Waals surface area contributed by atoms with Crippen LogP contribution in [0.3, 0.4) is 0 Å². The summed E-state index contributed by atoms with van der Waals surface area (Å²) in [6.45, 7) is 6.35. The molecule has 0 radical (unpaired) electrons. The molecule has 0 aromatic heterocycles. The number of hydrogen-bond donors (Lipinski definition) is 0. The van der Waals surface area contributed by atoms with Gasteiger partial charge in [0.25, 0.3) is 0 Å². The fourth-order valence-corrected chi connectivity index (χ4v) is 2.05. The van der Waals surface area contributed by atoms with E-state index in [0.717, 1.165) is 4.47 Å². The molecule has 1 saturated heterocycles. The van der Waals surface area contributed by atoms with Crippen molar-refractivity contribution in [1.29, 1.82) is 0 Å². The lowest BCUT2D eigenvalue weighted by atomic mass is 9.92. The summed E-state index contributed by atoms with van der Waals surface area (Å²) in [5.41, 5.74) is 0.167. The van der Waals surface area contributed by atoms with Crippen LogP contribution >= 0.6 is 15.9 Å². The molecule has 1 aromatic rings. The molecule has 1 heterocycles. The largest absolute Gasteiger partial charge is 0.367 e. The number of hydroxylamine groups is 2. The van der Waals surface area contributed by atoms with E-state index < -0.39 is 5.41 Å². The highest BCUT2D eigenvalue weighted by atomic mass is 79.9. The van der Waals surface area contributed by atoms with Crippen LogP contribution in [0.4, 0.5) is 0 Å². The predicted octanol–water partition coefficient (Wildman–Crippen LogP) is 3.07. The van der Waals surface area contributed by atoms with Crippen LogP contribution in [-0.2, 0) is 9.63 Å². The van der Waals surface area contributed by atoms with E-state index in [-0.39, 0.29) is 17.7 Å². The third-order valence-corrected chi connectivity index (χ3v) is 3.70. The Bertz CT molecular complexity index is 513. The van der Waals surface area contributed by atoms with Crippen molar-refractivity contribution in [2.24, 2.45) is 11.3 Å². The van der Waals surface area contributed by atoms with Gasteiger partial charge in [-0.1, -0.05) is 28.1 Å². The molecule has 0 aliphatic carbocycles. The van der Waals surface area contributed by atoms with Gasteiger partial charge >= 0.3 is 5.97 Å². The molecule has 0 atom stereocenters. The van der Waals surface area contributed by atoms with Crippen molar-refractivity contribution < 1.29 is 14.4 Å². The monoisotopic (exact) mass is 339 g/mol. The lowest BCUT2D eigenvalue weighted by Gasteiger charge is -2.37. The van der Waals surface area contributed by atoms with E-state index in [1.165, 1.54) is 0 Å². The summed E-state index contributed by atoms with van der Waals surface area (Å²) in [5, 5.41) is 1.55. The molecule has 2 rings (SSSR count). The van der Waals surface area contributed by atoms with Gasteiger partial charge in [0.2, 0.25) is 0 Å². The molecule has 1 aliphatic rings. The lowest BCUT2D eigenvalue weighted by molar-refractivity contribution is -0.223. The van der Waals surface area contributed by atoms with Gasteiger partial charge in [-0.2, -0.15) is 0 Å². The molecule has 1 aromatic carbocycles. The lowest BCUT2D eigenvalue weighted by Crippen LogP contribution is -2.51. The molecule has 5 heteroatoms. The molecule has 0 spiro atoms. The maximum absolute atomic E-state index is 12.2. The van der Waals surface area contributed by atoms with Gasteiger partial charge < -0.3 is 4.84 Å².